The van der Waals surface area contributed by atoms with E-state index in [4.69, 9.17) is 5.41 Å². The van der Waals surface area contributed by atoms with Crippen molar-refractivity contribution in [3.05, 3.63) is 60.0 Å². The zero-order valence-corrected chi connectivity index (χ0v) is 16.7. The molecule has 1 aromatic rings. The van der Waals surface area contributed by atoms with Crippen molar-refractivity contribution >= 4 is 11.3 Å². The third kappa shape index (κ3) is 2.31. The molecule has 4 aliphatic carbocycles. The van der Waals surface area contributed by atoms with E-state index >= 15 is 0 Å². The van der Waals surface area contributed by atoms with Gasteiger partial charge in [-0.3, -0.25) is 4.98 Å². The van der Waals surface area contributed by atoms with E-state index in [0.717, 1.165) is 11.8 Å². The first-order chi connectivity index (χ1) is 12.9. The van der Waals surface area contributed by atoms with Gasteiger partial charge in [0.15, 0.2) is 0 Å². The molecule has 2 nitrogen and oxygen atoms in total. The van der Waals surface area contributed by atoms with Gasteiger partial charge < -0.3 is 5.41 Å². The van der Waals surface area contributed by atoms with Crippen LogP contribution in [0.3, 0.4) is 0 Å². The van der Waals surface area contributed by atoms with Crippen LogP contribution in [0.15, 0.2) is 54.4 Å². The van der Waals surface area contributed by atoms with Crippen LogP contribution in [0, 0.1) is 39.9 Å². The lowest BCUT2D eigenvalue weighted by Crippen LogP contribution is -2.50. The predicted octanol–water partition coefficient (Wildman–Crippen LogP) is 6.08. The SMILES string of the molecule is CC1C[C@@H]2[C@H](CC[C@]3(C)C(c4cccnc4)=CC[C@@H]23)[C@@]2(C)C=CC(=N)C=C12. The van der Waals surface area contributed by atoms with Crippen molar-refractivity contribution in [2.24, 2.45) is 34.5 Å². The lowest BCUT2D eigenvalue weighted by atomic mass is 9.46. The van der Waals surface area contributed by atoms with Crippen molar-refractivity contribution in [3.63, 3.8) is 0 Å². The summed E-state index contributed by atoms with van der Waals surface area (Å²) in [5.74, 6) is 2.79. The molecule has 0 bridgehead atoms. The number of aromatic nitrogens is 1. The number of nitrogens with zero attached hydrogens (tertiary/aromatic N) is 1. The average Bonchev–Trinajstić information content (AvgIpc) is 3.01. The number of hydrogen-bond acceptors (Lipinski definition) is 2. The van der Waals surface area contributed by atoms with Crippen LogP contribution in [-0.2, 0) is 0 Å². The van der Waals surface area contributed by atoms with Crippen LogP contribution in [0.25, 0.3) is 5.57 Å². The highest BCUT2D eigenvalue weighted by Crippen LogP contribution is 2.66. The molecule has 140 valence electrons. The molecule has 0 amide bonds. The molecule has 5 rings (SSSR count). The normalized spacial score (nSPS) is 42.7. The summed E-state index contributed by atoms with van der Waals surface area (Å²) in [7, 11) is 0. The minimum atomic E-state index is 0.144. The van der Waals surface area contributed by atoms with E-state index in [1.54, 1.807) is 5.57 Å². The van der Waals surface area contributed by atoms with E-state index in [-0.39, 0.29) is 10.8 Å². The Balaban J connectivity index is 1.52. The molecule has 4 aliphatic rings. The first-order valence-corrected chi connectivity index (χ1v) is 10.5. The van der Waals surface area contributed by atoms with Crippen molar-refractivity contribution < 1.29 is 0 Å². The van der Waals surface area contributed by atoms with Gasteiger partial charge in [0.1, 0.15) is 0 Å². The smallest absolute Gasteiger partial charge is 0.0536 e. The maximum Gasteiger partial charge on any atom is 0.0536 e. The van der Waals surface area contributed by atoms with E-state index in [1.807, 2.05) is 18.5 Å². The van der Waals surface area contributed by atoms with Crippen molar-refractivity contribution in [1.29, 1.82) is 5.41 Å². The third-order valence-electron chi connectivity index (χ3n) is 8.46. The van der Waals surface area contributed by atoms with Crippen LogP contribution < -0.4 is 0 Å². The maximum absolute atomic E-state index is 8.11. The van der Waals surface area contributed by atoms with Crippen LogP contribution in [0.2, 0.25) is 0 Å². The molecule has 0 saturated heterocycles. The highest BCUT2D eigenvalue weighted by Gasteiger charge is 2.57. The van der Waals surface area contributed by atoms with Gasteiger partial charge in [-0.25, -0.2) is 0 Å². The topological polar surface area (TPSA) is 36.7 Å². The van der Waals surface area contributed by atoms with E-state index in [9.17, 15) is 0 Å². The molecule has 6 atom stereocenters. The van der Waals surface area contributed by atoms with Gasteiger partial charge in [-0.15, -0.1) is 0 Å². The van der Waals surface area contributed by atoms with Crippen molar-refractivity contribution in [1.82, 2.24) is 4.98 Å². The lowest BCUT2D eigenvalue weighted by molar-refractivity contribution is -0.0104. The molecule has 0 spiro atoms. The predicted molar refractivity (Wildman–Crippen MR) is 111 cm³/mol. The zero-order chi connectivity index (χ0) is 18.8. The summed E-state index contributed by atoms with van der Waals surface area (Å²) in [6.45, 7) is 7.36. The molecule has 1 N–H and O–H groups in total. The van der Waals surface area contributed by atoms with Gasteiger partial charge in [0.2, 0.25) is 0 Å². The summed E-state index contributed by atoms with van der Waals surface area (Å²) >= 11 is 0. The van der Waals surface area contributed by atoms with Gasteiger partial charge in [0, 0.05) is 17.8 Å². The van der Waals surface area contributed by atoms with Gasteiger partial charge in [0.05, 0.1) is 5.71 Å². The van der Waals surface area contributed by atoms with E-state index in [1.165, 1.54) is 36.8 Å². The average molecular weight is 359 g/mol. The second-order valence-electron chi connectivity index (χ2n) is 9.74. The Labute approximate surface area is 163 Å². The molecule has 2 saturated carbocycles. The van der Waals surface area contributed by atoms with Crippen LogP contribution >= 0.6 is 0 Å². The Morgan fingerprint density at radius 2 is 2.07 bits per heavy atom. The van der Waals surface area contributed by atoms with Gasteiger partial charge >= 0.3 is 0 Å². The molecule has 2 heteroatoms. The Kier molecular flexibility index (Phi) is 3.67. The third-order valence-corrected chi connectivity index (χ3v) is 8.46. The Bertz CT molecular complexity index is 877. The quantitative estimate of drug-likeness (QED) is 0.649. The van der Waals surface area contributed by atoms with Gasteiger partial charge in [-0.05, 0) is 84.1 Å². The number of pyridine rings is 1. The first kappa shape index (κ1) is 17.2. The zero-order valence-electron chi connectivity index (χ0n) is 16.7. The summed E-state index contributed by atoms with van der Waals surface area (Å²) in [5.41, 5.74) is 5.48. The standard InChI is InChI=1S/C25H30N2/c1-16-13-19-21-7-6-20(17-5-4-12-27-15-17)24(21,2)11-9-22(19)25(3)10-8-18(26)14-23(16)25/h4-6,8,10,12,14-16,19,21-22,26H,7,9,11,13H2,1-3H3/t16?,19-,21-,22-,24+,25+/m0/s1. The van der Waals surface area contributed by atoms with E-state index in [2.05, 4.69) is 56.1 Å². The number of fused-ring (bicyclic) bond motifs is 5. The van der Waals surface area contributed by atoms with Crippen LogP contribution in [-0.4, -0.2) is 10.7 Å². The summed E-state index contributed by atoms with van der Waals surface area (Å²) in [6, 6.07) is 4.31. The van der Waals surface area contributed by atoms with E-state index < -0.39 is 0 Å². The Hall–Kier alpha value is -1.96. The second-order valence-corrected chi connectivity index (χ2v) is 9.74. The molecule has 27 heavy (non-hydrogen) atoms. The van der Waals surface area contributed by atoms with Gasteiger partial charge in [0.25, 0.3) is 0 Å². The molecular formula is C25H30N2. The van der Waals surface area contributed by atoms with Crippen LogP contribution in [0.5, 0.6) is 0 Å². The van der Waals surface area contributed by atoms with Crippen molar-refractivity contribution in [2.45, 2.75) is 46.5 Å². The Morgan fingerprint density at radius 3 is 2.85 bits per heavy atom. The van der Waals surface area contributed by atoms with Crippen molar-refractivity contribution in [2.75, 3.05) is 0 Å². The second kappa shape index (κ2) is 5.77. The van der Waals surface area contributed by atoms with Gasteiger partial charge in [-0.1, -0.05) is 44.6 Å². The maximum atomic E-state index is 8.11. The minimum absolute atomic E-state index is 0.144. The largest absolute Gasteiger partial charge is 0.301 e. The lowest BCUT2D eigenvalue weighted by Gasteiger charge is -2.58. The summed E-state index contributed by atoms with van der Waals surface area (Å²) < 4.78 is 0. The summed E-state index contributed by atoms with van der Waals surface area (Å²) in [5, 5.41) is 8.11. The monoisotopic (exact) mass is 358 g/mol. The highest BCUT2D eigenvalue weighted by molar-refractivity contribution is 6.03. The Morgan fingerprint density at radius 1 is 1.22 bits per heavy atom. The number of nitrogens with one attached hydrogen (secondary N) is 1. The summed E-state index contributed by atoms with van der Waals surface area (Å²) in [6.07, 6.45) is 18.1. The minimum Gasteiger partial charge on any atom is -0.301 e. The summed E-state index contributed by atoms with van der Waals surface area (Å²) in [4.78, 5) is 4.39. The fourth-order valence-corrected chi connectivity index (χ4v) is 7.17. The molecule has 0 aromatic carbocycles. The molecule has 1 unspecified atom stereocenters. The molecule has 2 fully saturated rings. The fourth-order valence-electron chi connectivity index (χ4n) is 7.17. The van der Waals surface area contributed by atoms with Crippen LogP contribution in [0.4, 0.5) is 0 Å². The highest BCUT2D eigenvalue weighted by atomic mass is 14.6. The molecule has 1 heterocycles. The number of rotatable bonds is 1. The van der Waals surface area contributed by atoms with Crippen molar-refractivity contribution in [3.8, 4) is 0 Å². The molecular weight excluding hydrogens is 328 g/mol. The number of allylic oxidation sites excluding steroid dienone is 6. The van der Waals surface area contributed by atoms with Crippen LogP contribution in [0.1, 0.15) is 52.0 Å². The molecule has 1 aromatic heterocycles. The molecule has 0 aliphatic heterocycles. The number of hydrogen-bond donors (Lipinski definition) is 1. The van der Waals surface area contributed by atoms with E-state index in [0.29, 0.717) is 17.5 Å². The van der Waals surface area contributed by atoms with Gasteiger partial charge in [-0.2, -0.15) is 0 Å². The molecule has 0 radical (unpaired) electrons. The fraction of sp³-hybridized carbons (Fsp3) is 0.520. The first-order valence-electron chi connectivity index (χ1n) is 10.5.